The minimum Gasteiger partial charge on any atom is -0.484 e. The van der Waals surface area contributed by atoms with Gasteiger partial charge in [-0.15, -0.1) is 0 Å². The van der Waals surface area contributed by atoms with E-state index in [1.165, 1.54) is 24.3 Å². The normalized spacial score (nSPS) is 11.1. The quantitative estimate of drug-likeness (QED) is 0.319. The van der Waals surface area contributed by atoms with Gasteiger partial charge in [-0.25, -0.2) is 13.1 Å². The third kappa shape index (κ3) is 6.22. The van der Waals surface area contributed by atoms with E-state index in [1.807, 2.05) is 31.2 Å². The van der Waals surface area contributed by atoms with Crippen molar-refractivity contribution in [2.45, 2.75) is 25.7 Å². The summed E-state index contributed by atoms with van der Waals surface area (Å²) in [5.41, 5.74) is 2.78. The van der Waals surface area contributed by atoms with Crippen LogP contribution in [0.3, 0.4) is 0 Å². The lowest BCUT2D eigenvalue weighted by molar-refractivity contribution is -0.118. The lowest BCUT2D eigenvalue weighted by Gasteiger charge is -2.10. The molecule has 0 aliphatic carbocycles. The Hall–Kier alpha value is -4.31. The van der Waals surface area contributed by atoms with Crippen molar-refractivity contribution >= 4 is 27.5 Å². The summed E-state index contributed by atoms with van der Waals surface area (Å²) in [7, 11) is -3.87. The number of nitrogens with one attached hydrogen (secondary N) is 2. The molecular weight excluding hydrogens is 482 g/mol. The molecule has 0 saturated heterocycles. The fourth-order valence-corrected chi connectivity index (χ4v) is 4.15. The van der Waals surface area contributed by atoms with Gasteiger partial charge in [0.15, 0.2) is 6.61 Å². The zero-order valence-corrected chi connectivity index (χ0v) is 20.8. The topological polar surface area (TPSA) is 120 Å². The van der Waals surface area contributed by atoms with Crippen LogP contribution in [-0.2, 0) is 14.8 Å². The molecule has 0 unspecified atom stereocenters. The number of ether oxygens (including phenoxy) is 2. The van der Waals surface area contributed by atoms with Gasteiger partial charge in [0.25, 0.3) is 15.9 Å². The lowest BCUT2D eigenvalue weighted by Crippen LogP contribution is -2.20. The van der Waals surface area contributed by atoms with Crippen molar-refractivity contribution in [2.24, 2.45) is 0 Å². The summed E-state index contributed by atoms with van der Waals surface area (Å²) >= 11 is 0. The number of rotatable bonds is 9. The van der Waals surface area contributed by atoms with Crippen LogP contribution in [0.2, 0.25) is 0 Å². The number of benzene rings is 3. The number of carbonyl (C=O) groups excluding carboxylic acids is 1. The number of aryl methyl sites for hydroxylation is 2. The molecule has 0 aliphatic heterocycles. The summed E-state index contributed by atoms with van der Waals surface area (Å²) in [5, 5.41) is 6.41. The first kappa shape index (κ1) is 24.8. The molecule has 4 rings (SSSR count). The second-order valence-corrected chi connectivity index (χ2v) is 9.76. The first-order chi connectivity index (χ1) is 17.2. The van der Waals surface area contributed by atoms with Crippen molar-refractivity contribution < 1.29 is 27.2 Å². The van der Waals surface area contributed by atoms with Crippen molar-refractivity contribution in [1.82, 2.24) is 5.16 Å². The van der Waals surface area contributed by atoms with Crippen molar-refractivity contribution in [2.75, 3.05) is 16.6 Å². The molecule has 0 saturated carbocycles. The second kappa shape index (κ2) is 10.5. The van der Waals surface area contributed by atoms with Gasteiger partial charge in [-0.05, 0) is 81.4 Å². The Morgan fingerprint density at radius 3 is 2.03 bits per heavy atom. The molecule has 0 bridgehead atoms. The predicted octanol–water partition coefficient (Wildman–Crippen LogP) is 5.21. The van der Waals surface area contributed by atoms with Crippen LogP contribution < -0.4 is 19.5 Å². The van der Waals surface area contributed by atoms with E-state index in [0.29, 0.717) is 28.4 Å². The van der Waals surface area contributed by atoms with Gasteiger partial charge < -0.3 is 19.3 Å². The smallest absolute Gasteiger partial charge is 0.264 e. The van der Waals surface area contributed by atoms with E-state index in [0.717, 1.165) is 11.3 Å². The number of hydrogen-bond acceptors (Lipinski definition) is 7. The molecule has 4 aromatic rings. The molecule has 1 aromatic heterocycles. The third-order valence-corrected chi connectivity index (χ3v) is 6.63. The zero-order valence-electron chi connectivity index (χ0n) is 19.9. The molecular formula is C26H25N3O6S. The van der Waals surface area contributed by atoms with E-state index in [2.05, 4.69) is 15.2 Å². The average Bonchev–Trinajstić information content (AvgIpc) is 3.17. The van der Waals surface area contributed by atoms with Gasteiger partial charge in [0, 0.05) is 11.3 Å². The Labute approximate surface area is 209 Å². The molecule has 9 nitrogen and oxygen atoms in total. The Morgan fingerprint density at radius 1 is 0.861 bits per heavy atom. The van der Waals surface area contributed by atoms with Crippen molar-refractivity contribution in [3.63, 3.8) is 0 Å². The Balaban J connectivity index is 1.28. The van der Waals surface area contributed by atoms with E-state index in [1.54, 1.807) is 38.1 Å². The number of carbonyl (C=O) groups is 1. The highest BCUT2D eigenvalue weighted by atomic mass is 32.2. The lowest BCUT2D eigenvalue weighted by atomic mass is 10.2. The highest BCUT2D eigenvalue weighted by molar-refractivity contribution is 7.92. The van der Waals surface area contributed by atoms with E-state index in [9.17, 15) is 13.2 Å². The highest BCUT2D eigenvalue weighted by Crippen LogP contribution is 2.25. The van der Waals surface area contributed by atoms with Crippen LogP contribution in [0, 0.1) is 20.8 Å². The van der Waals surface area contributed by atoms with Gasteiger partial charge >= 0.3 is 0 Å². The summed E-state index contributed by atoms with van der Waals surface area (Å²) in [6.07, 6.45) is 0. The van der Waals surface area contributed by atoms with Gasteiger partial charge in [-0.2, -0.15) is 0 Å². The fraction of sp³-hybridized carbons (Fsp3) is 0.154. The van der Waals surface area contributed by atoms with Crippen LogP contribution >= 0.6 is 0 Å². The zero-order chi connectivity index (χ0) is 25.7. The Bertz CT molecular complexity index is 1450. The van der Waals surface area contributed by atoms with Gasteiger partial charge in [0.2, 0.25) is 5.88 Å². The second-order valence-electron chi connectivity index (χ2n) is 8.08. The van der Waals surface area contributed by atoms with E-state index in [4.69, 9.17) is 14.0 Å². The average molecular weight is 508 g/mol. The summed E-state index contributed by atoms with van der Waals surface area (Å²) < 4.78 is 43.8. The first-order valence-corrected chi connectivity index (χ1v) is 12.5. The van der Waals surface area contributed by atoms with Crippen molar-refractivity contribution in [3.8, 4) is 17.2 Å². The minimum absolute atomic E-state index is 0.0122. The Kier molecular flexibility index (Phi) is 7.25. The largest absolute Gasteiger partial charge is 0.484 e. The summed E-state index contributed by atoms with van der Waals surface area (Å²) in [6.45, 7) is 5.21. The van der Waals surface area contributed by atoms with Crippen LogP contribution in [0.15, 0.2) is 82.2 Å². The summed E-state index contributed by atoms with van der Waals surface area (Å²) in [4.78, 5) is 12.3. The van der Waals surface area contributed by atoms with Gasteiger partial charge in [0.1, 0.15) is 17.2 Å². The molecule has 1 heterocycles. The van der Waals surface area contributed by atoms with Crippen LogP contribution in [0.25, 0.3) is 0 Å². The van der Waals surface area contributed by atoms with Gasteiger partial charge in [-0.1, -0.05) is 22.9 Å². The predicted molar refractivity (Wildman–Crippen MR) is 135 cm³/mol. The molecule has 3 aromatic carbocycles. The molecule has 36 heavy (non-hydrogen) atoms. The van der Waals surface area contributed by atoms with Crippen LogP contribution in [0.4, 0.5) is 11.6 Å². The summed E-state index contributed by atoms with van der Waals surface area (Å²) in [5.74, 6) is 1.56. The van der Waals surface area contributed by atoms with E-state index in [-0.39, 0.29) is 17.4 Å². The van der Waals surface area contributed by atoms with E-state index < -0.39 is 15.9 Å². The standard InChI is InChI=1S/C26H25N3O6S/c1-17-4-8-22(9-5-17)34-23-12-10-21(11-13-23)33-16-25(30)27-20-6-14-24(15-7-20)36(31,32)29-26-18(2)19(3)28-35-26/h4-15,29H,16H2,1-3H3,(H,27,30). The minimum atomic E-state index is -3.87. The van der Waals surface area contributed by atoms with Crippen LogP contribution in [0.5, 0.6) is 17.2 Å². The molecule has 186 valence electrons. The number of sulfonamides is 1. The molecule has 0 spiro atoms. The maximum absolute atomic E-state index is 12.6. The number of amides is 1. The fourth-order valence-electron chi connectivity index (χ4n) is 3.10. The van der Waals surface area contributed by atoms with Crippen LogP contribution in [0.1, 0.15) is 16.8 Å². The SMILES string of the molecule is Cc1ccc(Oc2ccc(OCC(=O)Nc3ccc(S(=O)(=O)Nc4onc(C)c4C)cc3)cc2)cc1. The van der Waals surface area contributed by atoms with Crippen molar-refractivity contribution in [1.29, 1.82) is 0 Å². The monoisotopic (exact) mass is 507 g/mol. The first-order valence-electron chi connectivity index (χ1n) is 11.0. The van der Waals surface area contributed by atoms with E-state index >= 15 is 0 Å². The maximum atomic E-state index is 12.6. The third-order valence-electron chi connectivity index (χ3n) is 5.28. The molecule has 2 N–H and O–H groups in total. The maximum Gasteiger partial charge on any atom is 0.264 e. The molecule has 0 radical (unpaired) electrons. The highest BCUT2D eigenvalue weighted by Gasteiger charge is 2.19. The number of nitrogens with zero attached hydrogens (tertiary/aromatic N) is 1. The molecule has 0 fully saturated rings. The van der Waals surface area contributed by atoms with Crippen molar-refractivity contribution in [3.05, 3.63) is 89.6 Å². The summed E-state index contributed by atoms with van der Waals surface area (Å²) in [6, 6.07) is 20.4. The van der Waals surface area contributed by atoms with Gasteiger partial charge in [-0.3, -0.25) is 4.79 Å². The Morgan fingerprint density at radius 2 is 1.44 bits per heavy atom. The molecule has 0 atom stereocenters. The molecule has 1 amide bonds. The molecule has 0 aliphatic rings. The number of hydrogen-bond donors (Lipinski definition) is 2. The van der Waals surface area contributed by atoms with Crippen LogP contribution in [-0.4, -0.2) is 26.1 Å². The number of anilines is 2. The number of aromatic nitrogens is 1. The van der Waals surface area contributed by atoms with Gasteiger partial charge in [0.05, 0.1) is 10.6 Å². The molecule has 10 heteroatoms.